The Bertz CT molecular complexity index is 338. The Kier molecular flexibility index (Phi) is 2.93. The first-order chi connectivity index (χ1) is 6.02. The maximum absolute atomic E-state index is 11.0. The van der Waals surface area contributed by atoms with Crippen LogP contribution in [0, 0.1) is 0 Å². The van der Waals surface area contributed by atoms with Crippen molar-refractivity contribution in [2.24, 2.45) is 0 Å². The van der Waals surface area contributed by atoms with Gasteiger partial charge in [0.2, 0.25) is 5.91 Å². The molecule has 1 aromatic rings. The van der Waals surface area contributed by atoms with E-state index in [0.29, 0.717) is 5.69 Å². The topological polar surface area (TPSA) is 40.5 Å². The van der Waals surface area contributed by atoms with Crippen molar-refractivity contribution in [1.29, 1.82) is 0 Å². The van der Waals surface area contributed by atoms with Crippen molar-refractivity contribution in [2.75, 3.05) is 11.9 Å². The summed E-state index contributed by atoms with van der Waals surface area (Å²) in [4.78, 5) is 12.4. The molecular weight excluding hydrogens is 234 g/mol. The van der Waals surface area contributed by atoms with Gasteiger partial charge in [0.1, 0.15) is 5.75 Å². The van der Waals surface area contributed by atoms with Gasteiger partial charge in [-0.2, -0.15) is 0 Å². The van der Waals surface area contributed by atoms with Crippen LogP contribution >= 0.6 is 15.9 Å². The van der Waals surface area contributed by atoms with Crippen molar-refractivity contribution in [3.05, 3.63) is 22.7 Å². The summed E-state index contributed by atoms with van der Waals surface area (Å²) in [6.45, 7) is 1.44. The molecule has 0 fully saturated rings. The lowest BCUT2D eigenvalue weighted by Crippen LogP contribution is -2.22. The summed E-state index contributed by atoms with van der Waals surface area (Å²) in [6.07, 6.45) is 0. The molecular formula is C9H10BrNO2. The molecule has 0 aliphatic rings. The van der Waals surface area contributed by atoms with Gasteiger partial charge in [-0.15, -0.1) is 0 Å². The molecule has 70 valence electrons. The molecule has 1 rings (SSSR count). The fraction of sp³-hybridized carbons (Fsp3) is 0.222. The number of nitrogens with zero attached hydrogens (tertiary/aromatic N) is 1. The minimum Gasteiger partial charge on any atom is -0.506 e. The Morgan fingerprint density at radius 1 is 1.54 bits per heavy atom. The summed E-state index contributed by atoms with van der Waals surface area (Å²) in [7, 11) is 1.61. The molecule has 1 amide bonds. The van der Waals surface area contributed by atoms with E-state index in [9.17, 15) is 9.90 Å². The fourth-order valence-electron chi connectivity index (χ4n) is 0.935. The van der Waals surface area contributed by atoms with Crippen molar-refractivity contribution in [3.8, 4) is 5.75 Å². The number of amides is 1. The van der Waals surface area contributed by atoms with Crippen molar-refractivity contribution in [3.63, 3.8) is 0 Å². The number of halogens is 1. The molecule has 0 bridgehead atoms. The van der Waals surface area contributed by atoms with E-state index < -0.39 is 0 Å². The predicted octanol–water partition coefficient (Wildman–Crippen LogP) is 2.14. The number of rotatable bonds is 1. The molecule has 3 nitrogen and oxygen atoms in total. The number of phenols is 1. The van der Waals surface area contributed by atoms with E-state index in [1.165, 1.54) is 11.8 Å². The highest BCUT2D eigenvalue weighted by Crippen LogP contribution is 2.29. The van der Waals surface area contributed by atoms with Crippen molar-refractivity contribution >= 4 is 27.5 Å². The van der Waals surface area contributed by atoms with Crippen molar-refractivity contribution in [1.82, 2.24) is 0 Å². The quantitative estimate of drug-likeness (QED) is 0.822. The molecule has 0 aliphatic carbocycles. The van der Waals surface area contributed by atoms with Gasteiger partial charge in [-0.3, -0.25) is 4.79 Å². The molecule has 0 atom stereocenters. The maximum Gasteiger partial charge on any atom is 0.223 e. The number of carbonyl (C=O) groups is 1. The summed E-state index contributed by atoms with van der Waals surface area (Å²) in [6, 6.07) is 4.95. The third-order valence-electron chi connectivity index (χ3n) is 1.77. The van der Waals surface area contributed by atoms with Crippen LogP contribution in [-0.4, -0.2) is 18.1 Å². The Labute approximate surface area is 85.1 Å². The van der Waals surface area contributed by atoms with Gasteiger partial charge >= 0.3 is 0 Å². The molecule has 0 aromatic heterocycles. The second-order valence-corrected chi connectivity index (χ2v) is 3.63. The first-order valence-electron chi connectivity index (χ1n) is 3.75. The first-order valence-corrected chi connectivity index (χ1v) is 4.54. The zero-order valence-electron chi connectivity index (χ0n) is 7.41. The van der Waals surface area contributed by atoms with Crippen LogP contribution < -0.4 is 4.90 Å². The average Bonchev–Trinajstić information content (AvgIpc) is 2.08. The molecule has 0 heterocycles. The van der Waals surface area contributed by atoms with Gasteiger partial charge in [-0.25, -0.2) is 0 Å². The summed E-state index contributed by atoms with van der Waals surface area (Å²) >= 11 is 3.26. The summed E-state index contributed by atoms with van der Waals surface area (Å²) in [5, 5.41) is 9.44. The highest BCUT2D eigenvalue weighted by molar-refractivity contribution is 9.10. The molecule has 4 heteroatoms. The summed E-state index contributed by atoms with van der Waals surface area (Å²) in [5.41, 5.74) is 0.502. The van der Waals surface area contributed by atoms with Crippen molar-refractivity contribution < 1.29 is 9.90 Å². The van der Waals surface area contributed by atoms with E-state index in [1.807, 2.05) is 0 Å². The van der Waals surface area contributed by atoms with Crippen LogP contribution in [-0.2, 0) is 4.79 Å². The third-order valence-corrected chi connectivity index (χ3v) is 2.26. The minimum absolute atomic E-state index is 0.0981. The average molecular weight is 244 g/mol. The van der Waals surface area contributed by atoms with Crippen LogP contribution in [0.1, 0.15) is 6.92 Å². The van der Waals surface area contributed by atoms with Gasteiger partial charge in [0.15, 0.2) is 0 Å². The second kappa shape index (κ2) is 3.79. The largest absolute Gasteiger partial charge is 0.506 e. The monoisotopic (exact) mass is 243 g/mol. The van der Waals surface area contributed by atoms with Gasteiger partial charge in [-0.05, 0) is 18.2 Å². The molecule has 13 heavy (non-hydrogen) atoms. The van der Waals surface area contributed by atoms with Crippen molar-refractivity contribution in [2.45, 2.75) is 6.92 Å². The number of anilines is 1. The lowest BCUT2D eigenvalue weighted by molar-refractivity contribution is -0.116. The Hall–Kier alpha value is -1.03. The highest BCUT2D eigenvalue weighted by atomic mass is 79.9. The van der Waals surface area contributed by atoms with E-state index in [2.05, 4.69) is 15.9 Å². The Morgan fingerprint density at radius 3 is 2.69 bits per heavy atom. The molecule has 0 unspecified atom stereocenters. The molecule has 0 aliphatic heterocycles. The summed E-state index contributed by atoms with van der Waals surface area (Å²) in [5.74, 6) is -0.0192. The zero-order chi connectivity index (χ0) is 10.0. The fourth-order valence-corrected chi connectivity index (χ4v) is 1.28. The first kappa shape index (κ1) is 10.1. The number of phenolic OH excluding ortho intramolecular Hbond substituents is 1. The van der Waals surface area contributed by atoms with E-state index in [-0.39, 0.29) is 11.7 Å². The van der Waals surface area contributed by atoms with Gasteiger partial charge < -0.3 is 10.0 Å². The number of benzene rings is 1. The van der Waals surface area contributed by atoms with Crippen LogP contribution in [0.5, 0.6) is 5.75 Å². The normalized spacial score (nSPS) is 9.77. The number of hydrogen-bond acceptors (Lipinski definition) is 2. The molecule has 0 saturated carbocycles. The van der Waals surface area contributed by atoms with Crippen LogP contribution in [0.4, 0.5) is 5.69 Å². The van der Waals surface area contributed by atoms with E-state index >= 15 is 0 Å². The van der Waals surface area contributed by atoms with E-state index in [0.717, 1.165) is 4.47 Å². The molecule has 0 saturated heterocycles. The maximum atomic E-state index is 11.0. The predicted molar refractivity (Wildman–Crippen MR) is 54.9 cm³/mol. The van der Waals surface area contributed by atoms with Crippen LogP contribution in [0.2, 0.25) is 0 Å². The third kappa shape index (κ3) is 2.21. The Balaban J connectivity index is 3.12. The van der Waals surface area contributed by atoms with Crippen LogP contribution in [0.15, 0.2) is 22.7 Å². The van der Waals surface area contributed by atoms with Gasteiger partial charge in [-0.1, -0.05) is 15.9 Å². The smallest absolute Gasteiger partial charge is 0.223 e. The van der Waals surface area contributed by atoms with Gasteiger partial charge in [0.25, 0.3) is 0 Å². The van der Waals surface area contributed by atoms with Crippen LogP contribution in [0.3, 0.4) is 0 Å². The lowest BCUT2D eigenvalue weighted by Gasteiger charge is -2.16. The molecule has 1 N–H and O–H groups in total. The second-order valence-electron chi connectivity index (χ2n) is 2.71. The number of aromatic hydroxyl groups is 1. The van der Waals surface area contributed by atoms with Gasteiger partial charge in [0.05, 0.1) is 5.69 Å². The van der Waals surface area contributed by atoms with Crippen LogP contribution in [0.25, 0.3) is 0 Å². The van der Waals surface area contributed by atoms with E-state index in [1.54, 1.807) is 25.2 Å². The lowest BCUT2D eigenvalue weighted by atomic mass is 10.2. The summed E-state index contributed by atoms with van der Waals surface area (Å²) < 4.78 is 0.827. The standard InChI is InChI=1S/C9H10BrNO2/c1-6(12)11(2)8-5-7(10)3-4-9(8)13/h3-5,13H,1-2H3. The van der Waals surface area contributed by atoms with E-state index in [4.69, 9.17) is 0 Å². The minimum atomic E-state index is -0.117. The molecule has 0 spiro atoms. The Morgan fingerprint density at radius 2 is 2.15 bits per heavy atom. The molecule has 0 radical (unpaired) electrons. The highest BCUT2D eigenvalue weighted by Gasteiger charge is 2.10. The number of hydrogen-bond donors (Lipinski definition) is 1. The van der Waals surface area contributed by atoms with Gasteiger partial charge in [0, 0.05) is 18.4 Å². The SMILES string of the molecule is CC(=O)N(C)c1cc(Br)ccc1O. The molecule has 1 aromatic carbocycles. The number of carbonyl (C=O) groups excluding carboxylic acids is 1. The zero-order valence-corrected chi connectivity index (χ0v) is 9.00.